The molecule has 1 aromatic carbocycles. The second kappa shape index (κ2) is 5.54. The summed E-state index contributed by atoms with van der Waals surface area (Å²) >= 11 is 5.08. The quantitative estimate of drug-likeness (QED) is 0.726. The summed E-state index contributed by atoms with van der Waals surface area (Å²) in [5, 5.41) is 12.4. The number of rotatable bonds is 2. The van der Waals surface area contributed by atoms with E-state index < -0.39 is 5.92 Å². The molecule has 3 rings (SSSR count). The van der Waals surface area contributed by atoms with E-state index in [9.17, 15) is 14.7 Å². The second-order valence-electron chi connectivity index (χ2n) is 5.32. The number of aromatic nitrogens is 2. The second-order valence-corrected chi connectivity index (χ2v) is 5.70. The minimum absolute atomic E-state index is 0.00268. The number of carbonyl (C=O) groups excluding carboxylic acids is 1. The van der Waals surface area contributed by atoms with E-state index in [4.69, 9.17) is 17.0 Å². The van der Waals surface area contributed by atoms with E-state index in [-0.39, 0.29) is 34.2 Å². The first-order chi connectivity index (χ1) is 10.9. The molecule has 1 aliphatic heterocycles. The van der Waals surface area contributed by atoms with Gasteiger partial charge in [-0.2, -0.15) is 0 Å². The fourth-order valence-electron chi connectivity index (χ4n) is 2.78. The molecule has 8 heteroatoms. The third-order valence-corrected chi connectivity index (χ3v) is 4.34. The van der Waals surface area contributed by atoms with Gasteiger partial charge in [0, 0.05) is 19.4 Å². The zero-order valence-corrected chi connectivity index (χ0v) is 13.4. The lowest BCUT2D eigenvalue weighted by molar-refractivity contribution is -0.116. The van der Waals surface area contributed by atoms with E-state index in [1.165, 1.54) is 13.2 Å². The summed E-state index contributed by atoms with van der Waals surface area (Å²) in [4.78, 5) is 27.0. The Morgan fingerprint density at radius 3 is 2.83 bits per heavy atom. The molecule has 0 fully saturated rings. The number of nitrogens with zero attached hydrogens (tertiary/aromatic N) is 1. The summed E-state index contributed by atoms with van der Waals surface area (Å²) in [6, 6.07) is 4.78. The minimum atomic E-state index is -0.446. The van der Waals surface area contributed by atoms with Crippen LogP contribution >= 0.6 is 12.2 Å². The van der Waals surface area contributed by atoms with Crippen LogP contribution in [0.5, 0.6) is 11.5 Å². The van der Waals surface area contributed by atoms with Gasteiger partial charge in [-0.05, 0) is 29.9 Å². The van der Waals surface area contributed by atoms with Gasteiger partial charge in [0.2, 0.25) is 5.91 Å². The van der Waals surface area contributed by atoms with Crippen LogP contribution < -0.4 is 15.6 Å². The van der Waals surface area contributed by atoms with Crippen molar-refractivity contribution in [3.63, 3.8) is 0 Å². The first kappa shape index (κ1) is 15.3. The summed E-state index contributed by atoms with van der Waals surface area (Å²) < 4.78 is 6.90. The van der Waals surface area contributed by atoms with Gasteiger partial charge in [-0.15, -0.1) is 0 Å². The predicted molar refractivity (Wildman–Crippen MR) is 86.6 cm³/mol. The van der Waals surface area contributed by atoms with E-state index >= 15 is 0 Å². The van der Waals surface area contributed by atoms with Gasteiger partial charge >= 0.3 is 0 Å². The number of amides is 1. The van der Waals surface area contributed by atoms with Gasteiger partial charge in [0.05, 0.1) is 12.7 Å². The lowest BCUT2D eigenvalue weighted by atomic mass is 9.86. The number of carbonyl (C=O) groups is 1. The standard InChI is InChI=1S/C15H15N3O4S/c1-18-13-12(14(21)17-15(18)23)8(6-11(20)16-13)7-3-4-9(19)10(5-7)22-2/h3-5,8,19H,6H2,1-2H3,(H,16,20)(H,17,21,23). The number of aromatic hydroxyl groups is 1. The summed E-state index contributed by atoms with van der Waals surface area (Å²) in [5.41, 5.74) is 0.812. The Kier molecular flexibility index (Phi) is 3.69. The third-order valence-electron chi connectivity index (χ3n) is 3.96. The van der Waals surface area contributed by atoms with Crippen molar-refractivity contribution in [2.75, 3.05) is 12.4 Å². The number of hydrogen-bond donors (Lipinski definition) is 3. The molecule has 0 spiro atoms. The van der Waals surface area contributed by atoms with Gasteiger partial charge in [0.15, 0.2) is 16.3 Å². The summed E-state index contributed by atoms with van der Waals surface area (Å²) in [5.74, 6) is 0.0313. The van der Waals surface area contributed by atoms with Crippen LogP contribution in [0.25, 0.3) is 0 Å². The van der Waals surface area contributed by atoms with Crippen LogP contribution in [0.3, 0.4) is 0 Å². The molecule has 0 saturated carbocycles. The average Bonchev–Trinajstić information content (AvgIpc) is 2.52. The number of nitrogens with one attached hydrogen (secondary N) is 2. The molecule has 3 N–H and O–H groups in total. The Labute approximate surface area is 136 Å². The monoisotopic (exact) mass is 333 g/mol. The number of benzene rings is 1. The lowest BCUT2D eigenvalue weighted by Crippen LogP contribution is -2.33. The van der Waals surface area contributed by atoms with Gasteiger partial charge in [-0.1, -0.05) is 6.07 Å². The number of phenolic OH excluding ortho intramolecular Hbond substituents is 1. The minimum Gasteiger partial charge on any atom is -0.504 e. The SMILES string of the molecule is COc1cc(C2CC(=O)Nc3c2c(=O)[nH]c(=S)n3C)ccc1O. The molecule has 0 radical (unpaired) electrons. The van der Waals surface area contributed by atoms with Crippen molar-refractivity contribution in [1.82, 2.24) is 9.55 Å². The number of fused-ring (bicyclic) bond motifs is 1. The van der Waals surface area contributed by atoms with Crippen molar-refractivity contribution in [3.8, 4) is 11.5 Å². The number of methoxy groups -OCH3 is 1. The van der Waals surface area contributed by atoms with Crippen molar-refractivity contribution in [1.29, 1.82) is 0 Å². The molecule has 1 aromatic heterocycles. The predicted octanol–water partition coefficient (Wildman–Crippen LogP) is 1.63. The molecular weight excluding hydrogens is 318 g/mol. The maximum atomic E-state index is 12.4. The molecule has 1 unspecified atom stereocenters. The van der Waals surface area contributed by atoms with Crippen LogP contribution in [0.4, 0.5) is 5.82 Å². The highest BCUT2D eigenvalue weighted by Crippen LogP contribution is 2.37. The van der Waals surface area contributed by atoms with Crippen molar-refractivity contribution in [2.24, 2.45) is 7.05 Å². The molecule has 120 valence electrons. The highest BCUT2D eigenvalue weighted by Gasteiger charge is 2.31. The third kappa shape index (κ3) is 2.50. The number of H-pyrrole nitrogens is 1. The molecule has 0 bridgehead atoms. The van der Waals surface area contributed by atoms with E-state index in [0.717, 1.165) is 0 Å². The van der Waals surface area contributed by atoms with Gasteiger partial charge in [0.1, 0.15) is 5.82 Å². The average molecular weight is 333 g/mol. The van der Waals surface area contributed by atoms with Crippen LogP contribution in [0.2, 0.25) is 0 Å². The largest absolute Gasteiger partial charge is 0.504 e. The van der Waals surface area contributed by atoms with Crippen LogP contribution in [0.1, 0.15) is 23.5 Å². The summed E-state index contributed by atoms with van der Waals surface area (Å²) in [6.07, 6.45) is 0.126. The summed E-state index contributed by atoms with van der Waals surface area (Å²) in [6.45, 7) is 0. The van der Waals surface area contributed by atoms with Crippen LogP contribution in [0, 0.1) is 4.77 Å². The van der Waals surface area contributed by atoms with Crippen molar-refractivity contribution >= 4 is 23.9 Å². The van der Waals surface area contributed by atoms with Gasteiger partial charge in [-0.3, -0.25) is 14.6 Å². The Morgan fingerprint density at radius 2 is 2.13 bits per heavy atom. The molecule has 2 aromatic rings. The Hall–Kier alpha value is -2.61. The Morgan fingerprint density at radius 1 is 1.39 bits per heavy atom. The molecule has 1 amide bonds. The maximum absolute atomic E-state index is 12.4. The Bertz CT molecular complexity index is 916. The fourth-order valence-corrected chi connectivity index (χ4v) is 2.96. The topological polar surface area (TPSA) is 96.4 Å². The summed E-state index contributed by atoms with van der Waals surface area (Å²) in [7, 11) is 3.12. The maximum Gasteiger partial charge on any atom is 0.257 e. The fraction of sp³-hybridized carbons (Fsp3) is 0.267. The zero-order valence-electron chi connectivity index (χ0n) is 12.5. The van der Waals surface area contributed by atoms with Crippen LogP contribution in [0.15, 0.2) is 23.0 Å². The molecule has 1 aliphatic rings. The van der Waals surface area contributed by atoms with Crippen molar-refractivity contribution < 1.29 is 14.6 Å². The van der Waals surface area contributed by atoms with E-state index in [1.54, 1.807) is 23.7 Å². The number of phenols is 1. The first-order valence-electron chi connectivity index (χ1n) is 6.92. The van der Waals surface area contributed by atoms with E-state index in [2.05, 4.69) is 10.3 Å². The van der Waals surface area contributed by atoms with Crippen molar-refractivity contribution in [3.05, 3.63) is 44.5 Å². The molecule has 1 atom stereocenters. The molecular formula is C15H15N3O4S. The molecule has 7 nitrogen and oxygen atoms in total. The van der Waals surface area contributed by atoms with Crippen molar-refractivity contribution in [2.45, 2.75) is 12.3 Å². The van der Waals surface area contributed by atoms with Gasteiger partial charge in [0.25, 0.3) is 5.56 Å². The van der Waals surface area contributed by atoms with Crippen LogP contribution in [-0.4, -0.2) is 27.7 Å². The molecule has 0 saturated heterocycles. The molecule has 0 aliphatic carbocycles. The number of anilines is 1. The normalized spacial score (nSPS) is 16.6. The van der Waals surface area contributed by atoms with Gasteiger partial charge in [-0.25, -0.2) is 0 Å². The molecule has 2 heterocycles. The van der Waals surface area contributed by atoms with Gasteiger partial charge < -0.3 is 19.7 Å². The highest BCUT2D eigenvalue weighted by molar-refractivity contribution is 7.71. The number of aromatic amines is 1. The molecule has 23 heavy (non-hydrogen) atoms. The lowest BCUT2D eigenvalue weighted by Gasteiger charge is -2.26. The highest BCUT2D eigenvalue weighted by atomic mass is 32.1. The Balaban J connectivity index is 2.24. The van der Waals surface area contributed by atoms with E-state index in [1.807, 2.05) is 0 Å². The zero-order chi connectivity index (χ0) is 16.7. The number of hydrogen-bond acceptors (Lipinski definition) is 5. The van der Waals surface area contributed by atoms with Crippen LogP contribution in [-0.2, 0) is 11.8 Å². The first-order valence-corrected chi connectivity index (χ1v) is 7.33. The smallest absolute Gasteiger partial charge is 0.257 e. The van der Waals surface area contributed by atoms with E-state index in [0.29, 0.717) is 16.9 Å². The number of ether oxygens (including phenoxy) is 1.